The first kappa shape index (κ1) is 12.8. The van der Waals surface area contributed by atoms with E-state index in [0.717, 1.165) is 6.92 Å². The summed E-state index contributed by atoms with van der Waals surface area (Å²) in [5.74, 6) is -0.647. The van der Waals surface area contributed by atoms with E-state index in [1.54, 1.807) is 5.43 Å². The van der Waals surface area contributed by atoms with Gasteiger partial charge >= 0.3 is 6.18 Å². The minimum absolute atomic E-state index is 0.393. The summed E-state index contributed by atoms with van der Waals surface area (Å²) in [4.78, 5) is 10.5. The van der Waals surface area contributed by atoms with Crippen molar-refractivity contribution in [3.05, 3.63) is 0 Å². The smallest absolute Gasteiger partial charge is 0.375 e. The number of carbonyl (C=O) groups is 1. The van der Waals surface area contributed by atoms with Crippen molar-refractivity contribution in [2.45, 2.75) is 19.5 Å². The van der Waals surface area contributed by atoms with Crippen LogP contribution in [0.3, 0.4) is 0 Å². The third-order valence-corrected chi connectivity index (χ3v) is 1.14. The lowest BCUT2D eigenvalue weighted by atomic mass is 10.2. The van der Waals surface area contributed by atoms with Crippen LogP contribution in [0.5, 0.6) is 0 Å². The molecule has 14 heavy (non-hydrogen) atoms. The number of Topliss-reactive ketones (excluding diaryl/α,β-unsaturated/α-hetero) is 1. The molecule has 0 aromatic heterocycles. The van der Waals surface area contributed by atoms with Crippen molar-refractivity contribution in [1.82, 2.24) is 5.43 Å². The normalized spacial score (nSPS) is 12.4. The lowest BCUT2D eigenvalue weighted by Gasteiger charge is -2.08. The fourth-order valence-corrected chi connectivity index (χ4v) is 0.607. The number of halogens is 3. The average molecular weight is 227 g/mol. The molecule has 0 bridgehead atoms. The Hall–Kier alpha value is -1.18. The standard InChI is InChI=1S/C6H8F3N3OS/c1-3(13)2-4(6(7,8)9)11-12-5(10)14/h2H2,1H3,(H3,10,12,14)/b11-4-. The molecule has 3 N–H and O–H groups in total. The molecule has 0 saturated heterocycles. The van der Waals surface area contributed by atoms with E-state index in [1.807, 2.05) is 0 Å². The van der Waals surface area contributed by atoms with Crippen molar-refractivity contribution in [3.8, 4) is 0 Å². The second kappa shape index (κ2) is 4.89. The van der Waals surface area contributed by atoms with Crippen LogP contribution >= 0.6 is 12.2 Å². The molecule has 0 atom stereocenters. The third kappa shape index (κ3) is 5.46. The van der Waals surface area contributed by atoms with E-state index >= 15 is 0 Å². The molecule has 0 unspecified atom stereocenters. The highest BCUT2D eigenvalue weighted by Gasteiger charge is 2.36. The molecule has 0 spiro atoms. The molecule has 0 heterocycles. The summed E-state index contributed by atoms with van der Waals surface area (Å²) in [7, 11) is 0. The van der Waals surface area contributed by atoms with Gasteiger partial charge in [0.15, 0.2) is 5.11 Å². The first-order valence-corrected chi connectivity index (χ1v) is 3.83. The predicted molar refractivity (Wildman–Crippen MR) is 48.7 cm³/mol. The number of nitrogens with two attached hydrogens (primary N) is 1. The van der Waals surface area contributed by atoms with Crippen molar-refractivity contribution in [2.75, 3.05) is 0 Å². The Morgan fingerprint density at radius 1 is 1.57 bits per heavy atom. The van der Waals surface area contributed by atoms with Crippen LogP contribution < -0.4 is 11.2 Å². The number of carbonyl (C=O) groups excluding carboxylic acids is 1. The van der Waals surface area contributed by atoms with Gasteiger partial charge in [-0.25, -0.2) is 0 Å². The van der Waals surface area contributed by atoms with Crippen molar-refractivity contribution in [3.63, 3.8) is 0 Å². The molecule has 0 aromatic rings. The number of ketones is 1. The zero-order valence-corrected chi connectivity index (χ0v) is 8.00. The SMILES string of the molecule is CC(=O)C/C(=N/NC(N)=S)C(F)(F)F. The van der Waals surface area contributed by atoms with E-state index < -0.39 is 29.2 Å². The largest absolute Gasteiger partial charge is 0.431 e. The lowest BCUT2D eigenvalue weighted by Crippen LogP contribution is -2.31. The molecule has 0 aliphatic heterocycles. The van der Waals surface area contributed by atoms with Crippen LogP contribution in [0.4, 0.5) is 13.2 Å². The quantitative estimate of drug-likeness (QED) is 0.423. The maximum absolute atomic E-state index is 12.1. The number of rotatable bonds is 3. The Balaban J connectivity index is 4.63. The number of hydrogen-bond acceptors (Lipinski definition) is 3. The van der Waals surface area contributed by atoms with Crippen LogP contribution in [-0.2, 0) is 4.79 Å². The topological polar surface area (TPSA) is 67.5 Å². The van der Waals surface area contributed by atoms with E-state index in [-0.39, 0.29) is 0 Å². The van der Waals surface area contributed by atoms with Gasteiger partial charge in [-0.3, -0.25) is 10.2 Å². The van der Waals surface area contributed by atoms with Crippen molar-refractivity contribution in [2.24, 2.45) is 10.8 Å². The monoisotopic (exact) mass is 227 g/mol. The van der Waals surface area contributed by atoms with Crippen molar-refractivity contribution in [1.29, 1.82) is 0 Å². The first-order valence-electron chi connectivity index (χ1n) is 3.42. The summed E-state index contributed by atoms with van der Waals surface area (Å²) >= 11 is 4.26. The number of nitrogens with one attached hydrogen (secondary N) is 1. The molecular formula is C6H8F3N3OS. The lowest BCUT2D eigenvalue weighted by molar-refractivity contribution is -0.117. The van der Waals surface area contributed by atoms with E-state index in [0.29, 0.717) is 0 Å². The number of thiocarbonyl (C=S) groups is 1. The van der Waals surface area contributed by atoms with E-state index in [4.69, 9.17) is 5.73 Å². The van der Waals surface area contributed by atoms with Crippen molar-refractivity contribution >= 4 is 28.8 Å². The zero-order chi connectivity index (χ0) is 11.4. The van der Waals surface area contributed by atoms with E-state index in [1.165, 1.54) is 0 Å². The van der Waals surface area contributed by atoms with Crippen LogP contribution in [0.1, 0.15) is 13.3 Å². The predicted octanol–water partition coefficient (Wildman–Crippen LogP) is 0.717. The first-order chi connectivity index (χ1) is 6.23. The fourth-order valence-electron chi connectivity index (χ4n) is 0.562. The Morgan fingerprint density at radius 3 is 2.36 bits per heavy atom. The summed E-state index contributed by atoms with van der Waals surface area (Å²) in [6.07, 6.45) is -5.47. The third-order valence-electron chi connectivity index (χ3n) is 1.04. The van der Waals surface area contributed by atoms with Gasteiger partial charge in [0, 0.05) is 0 Å². The van der Waals surface area contributed by atoms with Crippen LogP contribution in [0.15, 0.2) is 5.10 Å². The molecule has 0 aromatic carbocycles. The van der Waals surface area contributed by atoms with Gasteiger partial charge in [-0.05, 0) is 19.1 Å². The molecule has 80 valence electrons. The molecular weight excluding hydrogens is 219 g/mol. The van der Waals surface area contributed by atoms with Crippen LogP contribution in [-0.4, -0.2) is 22.8 Å². The number of hydrogen-bond donors (Lipinski definition) is 2. The highest BCUT2D eigenvalue weighted by Crippen LogP contribution is 2.19. The summed E-state index contributed by atoms with van der Waals surface area (Å²) in [6, 6.07) is 0. The minimum Gasteiger partial charge on any atom is -0.375 e. The molecule has 0 aliphatic rings. The van der Waals surface area contributed by atoms with Gasteiger partial charge in [-0.15, -0.1) is 0 Å². The number of nitrogens with zero attached hydrogens (tertiary/aromatic N) is 1. The second-order valence-electron chi connectivity index (χ2n) is 2.41. The molecule has 4 nitrogen and oxygen atoms in total. The highest BCUT2D eigenvalue weighted by molar-refractivity contribution is 7.80. The Labute approximate surface area is 83.3 Å². The van der Waals surface area contributed by atoms with Gasteiger partial charge in [0.1, 0.15) is 11.5 Å². The highest BCUT2D eigenvalue weighted by atomic mass is 32.1. The minimum atomic E-state index is -4.66. The molecule has 0 amide bonds. The number of hydrazone groups is 1. The molecule has 0 fully saturated rings. The summed E-state index contributed by atoms with van der Waals surface area (Å²) in [5.41, 5.74) is 5.41. The molecule has 0 rings (SSSR count). The van der Waals surface area contributed by atoms with Gasteiger partial charge in [0.05, 0.1) is 6.42 Å². The Morgan fingerprint density at radius 2 is 2.07 bits per heavy atom. The maximum atomic E-state index is 12.1. The van der Waals surface area contributed by atoms with E-state index in [9.17, 15) is 18.0 Å². The van der Waals surface area contributed by atoms with Gasteiger partial charge in [0.25, 0.3) is 0 Å². The molecule has 0 saturated carbocycles. The van der Waals surface area contributed by atoms with Crippen molar-refractivity contribution < 1.29 is 18.0 Å². The number of alkyl halides is 3. The second-order valence-corrected chi connectivity index (χ2v) is 2.85. The van der Waals surface area contributed by atoms with Gasteiger partial charge in [-0.2, -0.15) is 18.3 Å². The average Bonchev–Trinajstić information content (AvgIpc) is 1.94. The van der Waals surface area contributed by atoms with E-state index in [2.05, 4.69) is 17.3 Å². The van der Waals surface area contributed by atoms with Gasteiger partial charge in [0.2, 0.25) is 0 Å². The summed E-state index contributed by atoms with van der Waals surface area (Å²) in [5, 5.41) is 2.50. The van der Waals surface area contributed by atoms with Crippen LogP contribution in [0, 0.1) is 0 Å². The molecule has 0 radical (unpaired) electrons. The van der Waals surface area contributed by atoms with Crippen LogP contribution in [0.2, 0.25) is 0 Å². The summed E-state index contributed by atoms with van der Waals surface area (Å²) in [6.45, 7) is 1.03. The zero-order valence-electron chi connectivity index (χ0n) is 7.18. The fraction of sp³-hybridized carbons (Fsp3) is 0.500. The van der Waals surface area contributed by atoms with Crippen LogP contribution in [0.25, 0.3) is 0 Å². The Bertz CT molecular complexity index is 274. The summed E-state index contributed by atoms with van der Waals surface area (Å²) < 4.78 is 36.4. The van der Waals surface area contributed by atoms with Gasteiger partial charge in [-0.1, -0.05) is 0 Å². The molecule has 0 aliphatic carbocycles. The van der Waals surface area contributed by atoms with Gasteiger partial charge < -0.3 is 5.73 Å². The molecule has 8 heteroatoms. The Kier molecular flexibility index (Phi) is 4.48. The maximum Gasteiger partial charge on any atom is 0.431 e.